The predicted octanol–water partition coefficient (Wildman–Crippen LogP) is 2.01. The van der Waals surface area contributed by atoms with Crippen LogP contribution >= 0.6 is 0 Å². The Hall–Kier alpha value is -0.570. The van der Waals surface area contributed by atoms with E-state index in [0.29, 0.717) is 6.54 Å². The van der Waals surface area contributed by atoms with Gasteiger partial charge in [0.2, 0.25) is 5.91 Å². The van der Waals surface area contributed by atoms with Crippen molar-refractivity contribution in [3.8, 4) is 0 Å². The van der Waals surface area contributed by atoms with E-state index in [-0.39, 0.29) is 17.4 Å². The highest BCUT2D eigenvalue weighted by Crippen LogP contribution is 2.23. The Morgan fingerprint density at radius 2 is 1.93 bits per heavy atom. The van der Waals surface area contributed by atoms with E-state index in [1.54, 1.807) is 0 Å². The predicted molar refractivity (Wildman–Crippen MR) is 64.6 cm³/mol. The minimum absolute atomic E-state index is 0.198. The lowest BCUT2D eigenvalue weighted by Crippen LogP contribution is -2.49. The maximum absolute atomic E-state index is 12.3. The summed E-state index contributed by atoms with van der Waals surface area (Å²) in [6, 6.07) is 0.259. The molecule has 0 aliphatic rings. The SMILES string of the molecule is CCCN(C(=O)C(C)(CC)CN)C(C)C. The number of amides is 1. The Labute approximate surface area is 94.0 Å². The topological polar surface area (TPSA) is 46.3 Å². The van der Waals surface area contributed by atoms with Crippen molar-refractivity contribution in [2.45, 2.75) is 53.5 Å². The van der Waals surface area contributed by atoms with Crippen LogP contribution in [0, 0.1) is 5.41 Å². The number of hydrogen-bond donors (Lipinski definition) is 1. The molecule has 0 spiro atoms. The molecule has 0 saturated heterocycles. The average molecular weight is 214 g/mol. The molecule has 0 aromatic heterocycles. The average Bonchev–Trinajstić information content (AvgIpc) is 2.23. The van der Waals surface area contributed by atoms with E-state index in [0.717, 1.165) is 19.4 Å². The summed E-state index contributed by atoms with van der Waals surface area (Å²) in [7, 11) is 0. The third kappa shape index (κ3) is 3.49. The molecule has 0 heterocycles. The van der Waals surface area contributed by atoms with Gasteiger partial charge in [0.05, 0.1) is 5.41 Å². The number of nitrogens with two attached hydrogens (primary N) is 1. The lowest BCUT2D eigenvalue weighted by atomic mass is 9.85. The Bertz CT molecular complexity index is 198. The fourth-order valence-corrected chi connectivity index (χ4v) is 1.56. The summed E-state index contributed by atoms with van der Waals surface area (Å²) in [5.74, 6) is 0.198. The summed E-state index contributed by atoms with van der Waals surface area (Å²) >= 11 is 0. The first-order valence-electron chi connectivity index (χ1n) is 5.94. The maximum Gasteiger partial charge on any atom is 0.230 e. The first-order chi connectivity index (χ1) is 6.92. The Balaban J connectivity index is 4.75. The smallest absolute Gasteiger partial charge is 0.230 e. The van der Waals surface area contributed by atoms with Crippen LogP contribution in [0.15, 0.2) is 0 Å². The van der Waals surface area contributed by atoms with Gasteiger partial charge in [-0.3, -0.25) is 4.79 Å². The number of carbonyl (C=O) groups excluding carboxylic acids is 1. The molecule has 1 unspecified atom stereocenters. The molecule has 0 aromatic rings. The fraction of sp³-hybridized carbons (Fsp3) is 0.917. The molecule has 0 fully saturated rings. The van der Waals surface area contributed by atoms with Gasteiger partial charge in [-0.2, -0.15) is 0 Å². The zero-order chi connectivity index (χ0) is 12.1. The molecule has 0 aliphatic carbocycles. The lowest BCUT2D eigenvalue weighted by Gasteiger charge is -2.35. The van der Waals surface area contributed by atoms with Crippen molar-refractivity contribution in [1.82, 2.24) is 4.90 Å². The molecule has 0 aliphatic heterocycles. The molecule has 3 heteroatoms. The summed E-state index contributed by atoms with van der Waals surface area (Å²) < 4.78 is 0. The van der Waals surface area contributed by atoms with Gasteiger partial charge in [-0.15, -0.1) is 0 Å². The zero-order valence-electron chi connectivity index (χ0n) is 10.8. The highest BCUT2D eigenvalue weighted by Gasteiger charge is 2.34. The van der Waals surface area contributed by atoms with Gasteiger partial charge in [0, 0.05) is 19.1 Å². The van der Waals surface area contributed by atoms with Gasteiger partial charge in [0.25, 0.3) is 0 Å². The minimum atomic E-state index is -0.389. The van der Waals surface area contributed by atoms with E-state index in [4.69, 9.17) is 5.73 Å². The van der Waals surface area contributed by atoms with Gasteiger partial charge in [0.1, 0.15) is 0 Å². The van der Waals surface area contributed by atoms with Gasteiger partial charge < -0.3 is 10.6 Å². The summed E-state index contributed by atoms with van der Waals surface area (Å²) in [4.78, 5) is 14.2. The summed E-state index contributed by atoms with van der Waals surface area (Å²) in [6.45, 7) is 11.4. The van der Waals surface area contributed by atoms with E-state index >= 15 is 0 Å². The van der Waals surface area contributed by atoms with E-state index in [1.165, 1.54) is 0 Å². The molecular formula is C12H26N2O. The van der Waals surface area contributed by atoms with Crippen molar-refractivity contribution in [2.24, 2.45) is 11.1 Å². The Kier molecular flexibility index (Phi) is 5.88. The van der Waals surface area contributed by atoms with Crippen LogP contribution in [0.3, 0.4) is 0 Å². The molecule has 0 aromatic carbocycles. The molecule has 2 N–H and O–H groups in total. The van der Waals surface area contributed by atoms with Crippen LogP contribution in [0.25, 0.3) is 0 Å². The van der Waals surface area contributed by atoms with Crippen molar-refractivity contribution in [3.05, 3.63) is 0 Å². The van der Waals surface area contributed by atoms with Crippen LogP contribution in [0.5, 0.6) is 0 Å². The van der Waals surface area contributed by atoms with Crippen LogP contribution in [0.4, 0.5) is 0 Å². The summed E-state index contributed by atoms with van der Waals surface area (Å²) in [6.07, 6.45) is 1.80. The van der Waals surface area contributed by atoms with E-state index in [2.05, 4.69) is 20.8 Å². The first-order valence-corrected chi connectivity index (χ1v) is 5.94. The third-order valence-corrected chi connectivity index (χ3v) is 3.10. The summed E-state index contributed by atoms with van der Waals surface area (Å²) in [5.41, 5.74) is 5.32. The van der Waals surface area contributed by atoms with Crippen molar-refractivity contribution in [2.75, 3.05) is 13.1 Å². The number of carbonyl (C=O) groups is 1. The van der Waals surface area contributed by atoms with E-state index in [1.807, 2.05) is 18.7 Å². The number of hydrogen-bond acceptors (Lipinski definition) is 2. The molecule has 90 valence electrons. The zero-order valence-corrected chi connectivity index (χ0v) is 10.8. The van der Waals surface area contributed by atoms with Crippen LogP contribution in [-0.4, -0.2) is 29.9 Å². The molecule has 0 radical (unpaired) electrons. The quantitative estimate of drug-likeness (QED) is 0.735. The molecule has 3 nitrogen and oxygen atoms in total. The van der Waals surface area contributed by atoms with Gasteiger partial charge in [-0.05, 0) is 33.6 Å². The van der Waals surface area contributed by atoms with E-state index < -0.39 is 0 Å². The molecular weight excluding hydrogens is 188 g/mol. The van der Waals surface area contributed by atoms with Gasteiger partial charge >= 0.3 is 0 Å². The standard InChI is InChI=1S/C12H26N2O/c1-6-8-14(10(3)4)11(15)12(5,7-2)9-13/h10H,6-9,13H2,1-5H3. The maximum atomic E-state index is 12.3. The Morgan fingerprint density at radius 3 is 2.20 bits per heavy atom. The molecule has 1 atom stereocenters. The molecule has 1 amide bonds. The van der Waals surface area contributed by atoms with Crippen LogP contribution in [0.1, 0.15) is 47.5 Å². The second-order valence-corrected chi connectivity index (χ2v) is 4.71. The van der Waals surface area contributed by atoms with Crippen LogP contribution in [0.2, 0.25) is 0 Å². The van der Waals surface area contributed by atoms with Gasteiger partial charge in [-0.1, -0.05) is 13.8 Å². The second kappa shape index (κ2) is 6.11. The largest absolute Gasteiger partial charge is 0.340 e. The monoisotopic (exact) mass is 214 g/mol. The fourth-order valence-electron chi connectivity index (χ4n) is 1.56. The lowest BCUT2D eigenvalue weighted by molar-refractivity contribution is -0.142. The van der Waals surface area contributed by atoms with E-state index in [9.17, 15) is 4.79 Å². The van der Waals surface area contributed by atoms with Crippen molar-refractivity contribution in [3.63, 3.8) is 0 Å². The van der Waals surface area contributed by atoms with Crippen molar-refractivity contribution in [1.29, 1.82) is 0 Å². The van der Waals surface area contributed by atoms with Crippen molar-refractivity contribution < 1.29 is 4.79 Å². The second-order valence-electron chi connectivity index (χ2n) is 4.71. The van der Waals surface area contributed by atoms with Gasteiger partial charge in [0.15, 0.2) is 0 Å². The first kappa shape index (κ1) is 14.4. The highest BCUT2D eigenvalue weighted by atomic mass is 16.2. The summed E-state index contributed by atoms with van der Waals surface area (Å²) in [5, 5.41) is 0. The van der Waals surface area contributed by atoms with Crippen LogP contribution < -0.4 is 5.73 Å². The minimum Gasteiger partial charge on any atom is -0.340 e. The van der Waals surface area contributed by atoms with Crippen molar-refractivity contribution >= 4 is 5.91 Å². The molecule has 15 heavy (non-hydrogen) atoms. The van der Waals surface area contributed by atoms with Crippen LogP contribution in [-0.2, 0) is 4.79 Å². The normalized spacial score (nSPS) is 15.1. The molecule has 0 saturated carbocycles. The third-order valence-electron chi connectivity index (χ3n) is 3.10. The molecule has 0 bridgehead atoms. The number of nitrogens with zero attached hydrogens (tertiary/aromatic N) is 1. The highest BCUT2D eigenvalue weighted by molar-refractivity contribution is 5.82. The molecule has 0 rings (SSSR count). The Morgan fingerprint density at radius 1 is 1.40 bits per heavy atom. The van der Waals surface area contributed by atoms with Gasteiger partial charge in [-0.25, -0.2) is 0 Å². The number of rotatable bonds is 6.